The van der Waals surface area contributed by atoms with E-state index in [4.69, 9.17) is 28.1 Å². The molecule has 0 aromatic heterocycles. The van der Waals surface area contributed by atoms with Crippen LogP contribution < -0.4 is 0 Å². The van der Waals surface area contributed by atoms with Gasteiger partial charge in [0.1, 0.15) is 24.4 Å². The number of hydrogen-bond acceptors (Lipinski definition) is 6. The summed E-state index contributed by atoms with van der Waals surface area (Å²) >= 11 is 0. The molecule has 7 heteroatoms. The maximum absolute atomic E-state index is 6.48. The van der Waals surface area contributed by atoms with Crippen LogP contribution in [0, 0.1) is 0 Å². The van der Waals surface area contributed by atoms with Crippen LogP contribution in [0.1, 0.15) is 18.1 Å². The minimum Gasteiger partial charge on any atom is -0.391 e. The quantitative estimate of drug-likeness (QED) is 0.543. The van der Waals surface area contributed by atoms with E-state index in [-0.39, 0.29) is 24.6 Å². The summed E-state index contributed by atoms with van der Waals surface area (Å²) < 4.78 is 37.6. The Kier molecular flexibility index (Phi) is 7.78. The zero-order valence-electron chi connectivity index (χ0n) is 19.3. The highest BCUT2D eigenvalue weighted by molar-refractivity contribution is 6.69. The van der Waals surface area contributed by atoms with Gasteiger partial charge in [-0.05, 0) is 37.7 Å². The molecule has 2 aromatic carbocycles. The highest BCUT2D eigenvalue weighted by atomic mass is 28.4. The van der Waals surface area contributed by atoms with Crippen LogP contribution in [0.4, 0.5) is 0 Å². The van der Waals surface area contributed by atoms with Crippen molar-refractivity contribution in [3.8, 4) is 0 Å². The lowest BCUT2D eigenvalue weighted by Gasteiger charge is -2.49. The van der Waals surface area contributed by atoms with Crippen molar-refractivity contribution in [2.75, 3.05) is 6.61 Å². The molecule has 2 saturated heterocycles. The molecule has 0 aliphatic carbocycles. The van der Waals surface area contributed by atoms with Gasteiger partial charge in [-0.2, -0.15) is 0 Å². The first-order valence-corrected chi connectivity index (χ1v) is 14.7. The molecule has 32 heavy (non-hydrogen) atoms. The van der Waals surface area contributed by atoms with E-state index >= 15 is 0 Å². The zero-order valence-corrected chi connectivity index (χ0v) is 20.3. The minimum absolute atomic E-state index is 0.273. The number of rotatable bonds is 8. The summed E-state index contributed by atoms with van der Waals surface area (Å²) in [7, 11) is -1.92. The maximum Gasteiger partial charge on any atom is 0.187 e. The van der Waals surface area contributed by atoms with Gasteiger partial charge in [-0.15, -0.1) is 0 Å². The lowest BCUT2D eigenvalue weighted by Crippen LogP contribution is -2.65. The fourth-order valence-electron chi connectivity index (χ4n) is 4.01. The maximum atomic E-state index is 6.48. The summed E-state index contributed by atoms with van der Waals surface area (Å²) in [6.07, 6.45) is -2.24. The Balaban J connectivity index is 1.58. The standard InChI is InChI=1S/C25H34O6Si/c1-18-26-17-21-22(29-18)23(27-15-19-11-7-5-8-12-19)24(25(30-21)31-32(2,3)4)28-16-20-13-9-6-10-14-20/h5-14,18,21-25H,15-17H2,1-4H3/t18-,21-,22-,23+,24-,25+/m1/s1. The average Bonchev–Trinajstić information content (AvgIpc) is 2.77. The van der Waals surface area contributed by atoms with Crippen LogP contribution in [0.5, 0.6) is 0 Å². The first-order chi connectivity index (χ1) is 15.4. The second kappa shape index (κ2) is 10.6. The molecule has 0 unspecified atom stereocenters. The Bertz CT molecular complexity index is 827. The van der Waals surface area contributed by atoms with Gasteiger partial charge in [-0.25, -0.2) is 0 Å². The lowest BCUT2D eigenvalue weighted by molar-refractivity contribution is -0.357. The minimum atomic E-state index is -1.92. The van der Waals surface area contributed by atoms with E-state index in [1.54, 1.807) is 0 Å². The first kappa shape index (κ1) is 23.6. The molecule has 0 bridgehead atoms. The molecule has 0 spiro atoms. The SMILES string of the molecule is C[C@@H]1OC[C@H]2O[C@@H](O[Si](C)(C)C)[C@H](OCc3ccccc3)[C@@H](OCc3ccccc3)[C@@H]2O1. The van der Waals surface area contributed by atoms with Crippen LogP contribution >= 0.6 is 0 Å². The molecule has 6 nitrogen and oxygen atoms in total. The predicted molar refractivity (Wildman–Crippen MR) is 123 cm³/mol. The van der Waals surface area contributed by atoms with Gasteiger partial charge in [0.15, 0.2) is 20.9 Å². The predicted octanol–water partition coefficient (Wildman–Crippen LogP) is 4.50. The van der Waals surface area contributed by atoms with Crippen LogP contribution in [0.25, 0.3) is 0 Å². The van der Waals surface area contributed by atoms with Gasteiger partial charge in [0.2, 0.25) is 0 Å². The van der Waals surface area contributed by atoms with E-state index in [1.807, 2.05) is 55.5 Å². The highest BCUT2D eigenvalue weighted by Gasteiger charge is 2.52. The average molecular weight is 459 g/mol. The van der Waals surface area contributed by atoms with Gasteiger partial charge in [0, 0.05) is 0 Å². The Labute approximate surface area is 191 Å². The van der Waals surface area contributed by atoms with Crippen LogP contribution in [0.3, 0.4) is 0 Å². The van der Waals surface area contributed by atoms with Crippen molar-refractivity contribution < 1.29 is 28.1 Å². The van der Waals surface area contributed by atoms with Gasteiger partial charge in [-0.3, -0.25) is 0 Å². The van der Waals surface area contributed by atoms with Crippen molar-refractivity contribution >= 4 is 8.32 Å². The second-order valence-electron chi connectivity index (χ2n) is 9.30. The first-order valence-electron chi connectivity index (χ1n) is 11.3. The van der Waals surface area contributed by atoms with Crippen LogP contribution in [0.15, 0.2) is 60.7 Å². The molecule has 2 heterocycles. The Morgan fingerprint density at radius 3 is 1.94 bits per heavy atom. The number of fused-ring (bicyclic) bond motifs is 1. The molecule has 0 amide bonds. The monoisotopic (exact) mass is 458 g/mol. The van der Waals surface area contributed by atoms with Crippen molar-refractivity contribution in [3.05, 3.63) is 71.8 Å². The van der Waals surface area contributed by atoms with Gasteiger partial charge >= 0.3 is 0 Å². The summed E-state index contributed by atoms with van der Waals surface area (Å²) in [5.74, 6) is 0. The van der Waals surface area contributed by atoms with E-state index in [1.165, 1.54) is 0 Å². The fraction of sp³-hybridized carbons (Fsp3) is 0.520. The number of ether oxygens (including phenoxy) is 5. The molecule has 2 aliphatic heterocycles. The Morgan fingerprint density at radius 1 is 0.812 bits per heavy atom. The summed E-state index contributed by atoms with van der Waals surface area (Å²) in [4.78, 5) is 0. The van der Waals surface area contributed by atoms with E-state index < -0.39 is 20.7 Å². The molecule has 0 saturated carbocycles. The van der Waals surface area contributed by atoms with E-state index in [2.05, 4.69) is 31.8 Å². The molecule has 2 fully saturated rings. The molecule has 0 radical (unpaired) electrons. The van der Waals surface area contributed by atoms with Gasteiger partial charge < -0.3 is 28.1 Å². The van der Waals surface area contributed by atoms with Crippen LogP contribution in [0.2, 0.25) is 19.6 Å². The van der Waals surface area contributed by atoms with Crippen molar-refractivity contribution in [2.45, 2.75) is 76.8 Å². The van der Waals surface area contributed by atoms with Gasteiger partial charge in [0.05, 0.1) is 19.8 Å². The molecular formula is C25H34O6Si. The zero-order chi connectivity index (χ0) is 22.6. The number of benzene rings is 2. The molecule has 174 valence electrons. The molecule has 2 aliphatic rings. The molecular weight excluding hydrogens is 424 g/mol. The van der Waals surface area contributed by atoms with E-state index in [9.17, 15) is 0 Å². The molecule has 0 N–H and O–H groups in total. The highest BCUT2D eigenvalue weighted by Crippen LogP contribution is 2.34. The summed E-state index contributed by atoms with van der Waals surface area (Å²) in [6.45, 7) is 9.67. The Hall–Kier alpha value is -1.58. The van der Waals surface area contributed by atoms with Crippen LogP contribution in [-0.4, -0.2) is 51.9 Å². The lowest BCUT2D eigenvalue weighted by atomic mass is 9.97. The van der Waals surface area contributed by atoms with Crippen LogP contribution in [-0.2, 0) is 41.3 Å². The van der Waals surface area contributed by atoms with Gasteiger partial charge in [0.25, 0.3) is 0 Å². The third kappa shape index (κ3) is 6.26. The number of hydrogen-bond donors (Lipinski definition) is 0. The Morgan fingerprint density at radius 2 is 1.38 bits per heavy atom. The van der Waals surface area contributed by atoms with Crippen molar-refractivity contribution in [1.29, 1.82) is 0 Å². The smallest absolute Gasteiger partial charge is 0.187 e. The summed E-state index contributed by atoms with van der Waals surface area (Å²) in [6, 6.07) is 20.3. The largest absolute Gasteiger partial charge is 0.391 e. The van der Waals surface area contributed by atoms with Crippen molar-refractivity contribution in [2.24, 2.45) is 0 Å². The van der Waals surface area contributed by atoms with Gasteiger partial charge in [-0.1, -0.05) is 60.7 Å². The summed E-state index contributed by atoms with van der Waals surface area (Å²) in [5.41, 5.74) is 2.18. The topological polar surface area (TPSA) is 55.4 Å². The molecule has 2 aromatic rings. The van der Waals surface area contributed by atoms with Crippen molar-refractivity contribution in [1.82, 2.24) is 0 Å². The third-order valence-electron chi connectivity index (χ3n) is 5.48. The third-order valence-corrected chi connectivity index (χ3v) is 6.41. The second-order valence-corrected chi connectivity index (χ2v) is 13.8. The van der Waals surface area contributed by atoms with E-state index in [0.29, 0.717) is 19.8 Å². The molecule has 4 rings (SSSR count). The summed E-state index contributed by atoms with van der Waals surface area (Å²) in [5, 5.41) is 0. The van der Waals surface area contributed by atoms with Crippen molar-refractivity contribution in [3.63, 3.8) is 0 Å². The van der Waals surface area contributed by atoms with E-state index in [0.717, 1.165) is 11.1 Å². The fourth-order valence-corrected chi connectivity index (χ4v) is 4.90. The molecule has 6 atom stereocenters. The normalized spacial score (nSPS) is 30.6.